The van der Waals surface area contributed by atoms with Gasteiger partial charge in [-0.15, -0.1) is 0 Å². The number of rotatable bonds is 3. The summed E-state index contributed by atoms with van der Waals surface area (Å²) in [4.78, 5) is 4.02. The van der Waals surface area contributed by atoms with Gasteiger partial charge in [0, 0.05) is 24.4 Å². The highest BCUT2D eigenvalue weighted by Gasteiger charge is 2.51. The fourth-order valence-corrected chi connectivity index (χ4v) is 3.48. The molecule has 17 heavy (non-hydrogen) atoms. The molecule has 92 valence electrons. The molecule has 0 radical (unpaired) electrons. The molecule has 0 spiro atoms. The van der Waals surface area contributed by atoms with Crippen molar-refractivity contribution in [1.29, 1.82) is 0 Å². The van der Waals surface area contributed by atoms with Crippen molar-refractivity contribution in [3.05, 3.63) is 29.0 Å². The SMILES string of the molecule is NCC1(Cc2ccncc2Cl)CC2CCC1O2. The molecule has 0 amide bonds. The Morgan fingerprint density at radius 2 is 2.41 bits per heavy atom. The maximum atomic E-state index is 6.18. The second kappa shape index (κ2) is 4.23. The smallest absolute Gasteiger partial charge is 0.0652 e. The number of ether oxygens (including phenoxy) is 1. The number of fused-ring (bicyclic) bond motifs is 2. The van der Waals surface area contributed by atoms with Crippen LogP contribution in [0.1, 0.15) is 24.8 Å². The Kier molecular flexibility index (Phi) is 2.85. The molecule has 1 aromatic rings. The number of pyridine rings is 1. The molecule has 2 aliphatic heterocycles. The van der Waals surface area contributed by atoms with Gasteiger partial charge in [-0.3, -0.25) is 4.98 Å². The van der Waals surface area contributed by atoms with Crippen LogP contribution >= 0.6 is 11.6 Å². The second-order valence-corrected chi connectivity index (χ2v) is 5.65. The lowest BCUT2D eigenvalue weighted by atomic mass is 9.70. The van der Waals surface area contributed by atoms with Gasteiger partial charge in [-0.25, -0.2) is 0 Å². The molecular formula is C13H17ClN2O. The van der Waals surface area contributed by atoms with Crippen molar-refractivity contribution in [2.75, 3.05) is 6.54 Å². The van der Waals surface area contributed by atoms with E-state index in [2.05, 4.69) is 4.98 Å². The monoisotopic (exact) mass is 252 g/mol. The second-order valence-electron chi connectivity index (χ2n) is 5.24. The van der Waals surface area contributed by atoms with E-state index in [1.807, 2.05) is 6.07 Å². The molecule has 2 bridgehead atoms. The van der Waals surface area contributed by atoms with Crippen molar-refractivity contribution in [2.45, 2.75) is 37.9 Å². The van der Waals surface area contributed by atoms with Crippen molar-refractivity contribution in [3.63, 3.8) is 0 Å². The Labute approximate surface area is 106 Å². The number of hydrogen-bond acceptors (Lipinski definition) is 3. The van der Waals surface area contributed by atoms with E-state index >= 15 is 0 Å². The van der Waals surface area contributed by atoms with E-state index in [4.69, 9.17) is 22.1 Å². The van der Waals surface area contributed by atoms with Gasteiger partial charge in [-0.05, 0) is 37.3 Å². The normalized spacial score (nSPS) is 35.4. The molecular weight excluding hydrogens is 236 g/mol. The Morgan fingerprint density at radius 3 is 3.00 bits per heavy atom. The van der Waals surface area contributed by atoms with Gasteiger partial charge in [-0.1, -0.05) is 11.6 Å². The van der Waals surface area contributed by atoms with Crippen LogP contribution in [0.2, 0.25) is 5.02 Å². The summed E-state index contributed by atoms with van der Waals surface area (Å²) < 4.78 is 5.95. The first-order valence-corrected chi connectivity index (χ1v) is 6.55. The molecule has 3 unspecified atom stereocenters. The van der Waals surface area contributed by atoms with Crippen molar-refractivity contribution >= 4 is 11.6 Å². The third-order valence-corrected chi connectivity index (χ3v) is 4.57. The molecule has 4 heteroatoms. The summed E-state index contributed by atoms with van der Waals surface area (Å²) in [6, 6.07) is 1.99. The molecule has 0 aliphatic carbocycles. The van der Waals surface area contributed by atoms with Crippen LogP contribution in [0, 0.1) is 5.41 Å². The number of nitrogens with zero attached hydrogens (tertiary/aromatic N) is 1. The number of hydrogen-bond donors (Lipinski definition) is 1. The van der Waals surface area contributed by atoms with Gasteiger partial charge in [0.1, 0.15) is 0 Å². The fourth-order valence-electron chi connectivity index (χ4n) is 3.29. The van der Waals surface area contributed by atoms with Crippen LogP contribution in [0.25, 0.3) is 0 Å². The third-order valence-electron chi connectivity index (χ3n) is 4.23. The van der Waals surface area contributed by atoms with Gasteiger partial charge in [0.25, 0.3) is 0 Å². The molecule has 3 atom stereocenters. The molecule has 0 saturated carbocycles. The predicted octanol–water partition coefficient (Wildman–Crippen LogP) is 2.17. The zero-order valence-corrected chi connectivity index (χ0v) is 10.5. The lowest BCUT2D eigenvalue weighted by molar-refractivity contribution is 0.0636. The predicted molar refractivity (Wildman–Crippen MR) is 67.0 cm³/mol. The summed E-state index contributed by atoms with van der Waals surface area (Å²) in [6.45, 7) is 0.673. The molecule has 0 aromatic carbocycles. The first kappa shape index (κ1) is 11.5. The molecule has 2 aliphatic rings. The molecule has 1 aromatic heterocycles. The Bertz CT molecular complexity index is 426. The highest BCUT2D eigenvalue weighted by atomic mass is 35.5. The summed E-state index contributed by atoms with van der Waals surface area (Å²) in [5, 5.41) is 0.739. The quantitative estimate of drug-likeness (QED) is 0.897. The number of nitrogens with two attached hydrogens (primary N) is 1. The average Bonchev–Trinajstić information content (AvgIpc) is 2.93. The lowest BCUT2D eigenvalue weighted by Gasteiger charge is -2.34. The van der Waals surface area contributed by atoms with Gasteiger partial charge in [0.2, 0.25) is 0 Å². The average molecular weight is 253 g/mol. The van der Waals surface area contributed by atoms with Crippen molar-refractivity contribution < 1.29 is 4.74 Å². The maximum Gasteiger partial charge on any atom is 0.0652 e. The van der Waals surface area contributed by atoms with Gasteiger partial charge in [-0.2, -0.15) is 0 Å². The number of halogens is 1. The van der Waals surface area contributed by atoms with Crippen molar-refractivity contribution in [2.24, 2.45) is 11.1 Å². The van der Waals surface area contributed by atoms with Gasteiger partial charge in [0.15, 0.2) is 0 Å². The maximum absolute atomic E-state index is 6.18. The van der Waals surface area contributed by atoms with Gasteiger partial charge in [0.05, 0.1) is 17.2 Å². The van der Waals surface area contributed by atoms with E-state index in [-0.39, 0.29) is 5.41 Å². The van der Waals surface area contributed by atoms with Gasteiger partial charge < -0.3 is 10.5 Å². The summed E-state index contributed by atoms with van der Waals surface area (Å²) in [7, 11) is 0. The zero-order chi connectivity index (χ0) is 11.9. The van der Waals surface area contributed by atoms with Crippen molar-refractivity contribution in [3.8, 4) is 0 Å². The van der Waals surface area contributed by atoms with Crippen LogP contribution < -0.4 is 5.73 Å². The Balaban J connectivity index is 1.86. The third kappa shape index (κ3) is 1.86. The van der Waals surface area contributed by atoms with Crippen LogP contribution in [0.4, 0.5) is 0 Å². The minimum atomic E-state index is 0.0912. The van der Waals surface area contributed by atoms with E-state index in [0.29, 0.717) is 18.8 Å². The van der Waals surface area contributed by atoms with Crippen LogP contribution in [0.15, 0.2) is 18.5 Å². The summed E-state index contributed by atoms with van der Waals surface area (Å²) in [5.41, 5.74) is 7.25. The van der Waals surface area contributed by atoms with Crippen LogP contribution in [-0.4, -0.2) is 23.7 Å². The van der Waals surface area contributed by atoms with Crippen LogP contribution in [0.3, 0.4) is 0 Å². The largest absolute Gasteiger partial charge is 0.374 e. The minimum Gasteiger partial charge on any atom is -0.374 e. The standard InChI is InChI=1S/C13H17ClN2O/c14-11-7-16-4-3-9(11)5-13(8-15)6-10-1-2-12(13)17-10/h3-4,7,10,12H,1-2,5-6,8,15H2. The van der Waals surface area contributed by atoms with Crippen LogP contribution in [-0.2, 0) is 11.2 Å². The Hall–Kier alpha value is -0.640. The first-order chi connectivity index (χ1) is 8.23. The fraction of sp³-hybridized carbons (Fsp3) is 0.615. The highest BCUT2D eigenvalue weighted by Crippen LogP contribution is 2.49. The van der Waals surface area contributed by atoms with Crippen molar-refractivity contribution in [1.82, 2.24) is 4.98 Å². The van der Waals surface area contributed by atoms with Gasteiger partial charge >= 0.3 is 0 Å². The lowest BCUT2D eigenvalue weighted by Crippen LogP contribution is -2.41. The van der Waals surface area contributed by atoms with E-state index in [1.54, 1.807) is 12.4 Å². The molecule has 2 fully saturated rings. The van der Waals surface area contributed by atoms with E-state index < -0.39 is 0 Å². The molecule has 3 rings (SSSR count). The Morgan fingerprint density at radius 1 is 1.53 bits per heavy atom. The summed E-state index contributed by atoms with van der Waals surface area (Å²) >= 11 is 6.18. The molecule has 2 N–H and O–H groups in total. The molecule has 3 nitrogen and oxygen atoms in total. The first-order valence-electron chi connectivity index (χ1n) is 6.17. The van der Waals surface area contributed by atoms with E-state index in [9.17, 15) is 0 Å². The van der Waals surface area contributed by atoms with E-state index in [0.717, 1.165) is 29.8 Å². The summed E-state index contributed by atoms with van der Waals surface area (Å²) in [5.74, 6) is 0. The minimum absolute atomic E-state index is 0.0912. The van der Waals surface area contributed by atoms with Crippen LogP contribution in [0.5, 0.6) is 0 Å². The zero-order valence-electron chi connectivity index (χ0n) is 9.73. The molecule has 2 saturated heterocycles. The van der Waals surface area contributed by atoms with E-state index in [1.165, 1.54) is 6.42 Å². The highest BCUT2D eigenvalue weighted by molar-refractivity contribution is 6.31. The number of aromatic nitrogens is 1. The topological polar surface area (TPSA) is 48.1 Å². The molecule has 3 heterocycles. The summed E-state index contributed by atoms with van der Waals surface area (Å²) in [6.07, 6.45) is 8.56.